The van der Waals surface area contributed by atoms with Crippen LogP contribution in [0.3, 0.4) is 0 Å². The number of methoxy groups -OCH3 is 1. The summed E-state index contributed by atoms with van der Waals surface area (Å²) in [7, 11) is 1.63. The first-order valence-corrected chi connectivity index (χ1v) is 8.14. The molecule has 2 aromatic carbocycles. The third kappa shape index (κ3) is 3.58. The van der Waals surface area contributed by atoms with Gasteiger partial charge in [0.2, 0.25) is 0 Å². The van der Waals surface area contributed by atoms with Crippen molar-refractivity contribution in [2.24, 2.45) is 0 Å². The lowest BCUT2D eigenvalue weighted by atomic mass is 10.2. The van der Waals surface area contributed by atoms with Gasteiger partial charge in [-0.15, -0.1) is 0 Å². The van der Waals surface area contributed by atoms with Gasteiger partial charge in [0.25, 0.3) is 0 Å². The highest BCUT2D eigenvalue weighted by Crippen LogP contribution is 2.29. The molecular formula is C21H21NO3. The number of nitrogens with zero attached hydrogens (tertiary/aromatic N) is 1. The van der Waals surface area contributed by atoms with Gasteiger partial charge in [-0.25, -0.2) is 0 Å². The number of aromatic nitrogens is 1. The van der Waals surface area contributed by atoms with Crippen molar-refractivity contribution in [2.45, 2.75) is 20.5 Å². The standard InChI is InChI=1S/C21H21NO3/c1-15-20(25-14-17-7-5-4-6-8-17)13-22(21(15)16(2)23)18-9-11-19(24-3)12-10-18/h4-13H,14H2,1-3H3. The van der Waals surface area contributed by atoms with E-state index >= 15 is 0 Å². The van der Waals surface area contributed by atoms with E-state index in [2.05, 4.69) is 0 Å². The van der Waals surface area contributed by atoms with Gasteiger partial charge in [0, 0.05) is 18.2 Å². The monoisotopic (exact) mass is 335 g/mol. The first-order chi connectivity index (χ1) is 12.1. The highest BCUT2D eigenvalue weighted by molar-refractivity contribution is 5.95. The Balaban J connectivity index is 1.93. The predicted octanol–water partition coefficient (Wildman–Crippen LogP) is 4.58. The van der Waals surface area contributed by atoms with Crippen LogP contribution in [0, 0.1) is 6.92 Å². The molecule has 0 saturated carbocycles. The van der Waals surface area contributed by atoms with Gasteiger partial charge in [-0.3, -0.25) is 4.79 Å². The maximum Gasteiger partial charge on any atom is 0.176 e. The predicted molar refractivity (Wildman–Crippen MR) is 97.8 cm³/mol. The topological polar surface area (TPSA) is 40.5 Å². The molecule has 0 aliphatic heterocycles. The second-order valence-electron chi connectivity index (χ2n) is 5.87. The van der Waals surface area contributed by atoms with E-state index in [1.165, 1.54) is 0 Å². The summed E-state index contributed by atoms with van der Waals surface area (Å²) in [6.45, 7) is 3.95. The average molecular weight is 335 g/mol. The van der Waals surface area contributed by atoms with Gasteiger partial charge in [0.05, 0.1) is 19.0 Å². The van der Waals surface area contributed by atoms with Crippen LogP contribution in [0.4, 0.5) is 0 Å². The Labute approximate surface area is 147 Å². The lowest BCUT2D eigenvalue weighted by Gasteiger charge is -2.08. The lowest BCUT2D eigenvalue weighted by molar-refractivity contribution is 0.101. The molecule has 0 spiro atoms. The van der Waals surface area contributed by atoms with E-state index in [1.807, 2.05) is 72.3 Å². The molecule has 4 heteroatoms. The number of ether oxygens (including phenoxy) is 2. The molecule has 4 nitrogen and oxygen atoms in total. The normalized spacial score (nSPS) is 10.5. The molecule has 25 heavy (non-hydrogen) atoms. The number of carbonyl (C=O) groups excluding carboxylic acids is 1. The molecule has 1 aromatic heterocycles. The van der Waals surface area contributed by atoms with Crippen LogP contribution in [0.5, 0.6) is 11.5 Å². The summed E-state index contributed by atoms with van der Waals surface area (Å²) in [5, 5.41) is 0. The summed E-state index contributed by atoms with van der Waals surface area (Å²) >= 11 is 0. The first kappa shape index (κ1) is 16.8. The fourth-order valence-electron chi connectivity index (χ4n) is 2.84. The van der Waals surface area contributed by atoms with Crippen molar-refractivity contribution in [3.63, 3.8) is 0 Å². The Bertz CT molecular complexity index is 864. The van der Waals surface area contributed by atoms with E-state index in [1.54, 1.807) is 14.0 Å². The largest absolute Gasteiger partial charge is 0.497 e. The Kier molecular flexibility index (Phi) is 4.89. The van der Waals surface area contributed by atoms with Crippen molar-refractivity contribution in [1.82, 2.24) is 4.57 Å². The Morgan fingerprint density at radius 3 is 2.32 bits per heavy atom. The molecule has 0 aliphatic carbocycles. The highest BCUT2D eigenvalue weighted by atomic mass is 16.5. The number of rotatable bonds is 6. The van der Waals surface area contributed by atoms with Crippen LogP contribution >= 0.6 is 0 Å². The fourth-order valence-corrected chi connectivity index (χ4v) is 2.84. The minimum atomic E-state index is 0.00267. The zero-order valence-corrected chi connectivity index (χ0v) is 14.7. The minimum Gasteiger partial charge on any atom is -0.497 e. The van der Waals surface area contributed by atoms with E-state index in [-0.39, 0.29) is 5.78 Å². The van der Waals surface area contributed by atoms with E-state index in [0.29, 0.717) is 18.1 Å². The maximum atomic E-state index is 12.2. The van der Waals surface area contributed by atoms with Crippen molar-refractivity contribution in [1.29, 1.82) is 0 Å². The summed E-state index contributed by atoms with van der Waals surface area (Å²) in [4.78, 5) is 12.2. The summed E-state index contributed by atoms with van der Waals surface area (Å²) in [5.41, 5.74) is 3.46. The van der Waals surface area contributed by atoms with Crippen molar-refractivity contribution in [3.8, 4) is 17.2 Å². The number of Topliss-reactive ketones (excluding diaryl/α,β-unsaturated/α-hetero) is 1. The molecule has 3 aromatic rings. The zero-order valence-electron chi connectivity index (χ0n) is 14.7. The number of ketones is 1. The smallest absolute Gasteiger partial charge is 0.176 e. The van der Waals surface area contributed by atoms with Crippen LogP contribution < -0.4 is 9.47 Å². The molecule has 0 radical (unpaired) electrons. The van der Waals surface area contributed by atoms with Gasteiger partial charge in [-0.05, 0) is 36.8 Å². The van der Waals surface area contributed by atoms with Gasteiger partial charge in [0.1, 0.15) is 18.1 Å². The fraction of sp³-hybridized carbons (Fsp3) is 0.190. The molecule has 0 bridgehead atoms. The van der Waals surface area contributed by atoms with Crippen LogP contribution in [-0.4, -0.2) is 17.5 Å². The van der Waals surface area contributed by atoms with Crippen LogP contribution in [0.2, 0.25) is 0 Å². The molecule has 0 aliphatic rings. The van der Waals surface area contributed by atoms with E-state index in [4.69, 9.17) is 9.47 Å². The minimum absolute atomic E-state index is 0.00267. The van der Waals surface area contributed by atoms with Crippen LogP contribution in [0.1, 0.15) is 28.5 Å². The van der Waals surface area contributed by atoms with Gasteiger partial charge < -0.3 is 14.0 Å². The molecular weight excluding hydrogens is 314 g/mol. The van der Waals surface area contributed by atoms with Crippen LogP contribution in [0.25, 0.3) is 5.69 Å². The zero-order chi connectivity index (χ0) is 17.8. The molecule has 0 saturated heterocycles. The Hall–Kier alpha value is -3.01. The third-order valence-corrected chi connectivity index (χ3v) is 4.13. The van der Waals surface area contributed by atoms with E-state index < -0.39 is 0 Å². The second-order valence-corrected chi connectivity index (χ2v) is 5.87. The molecule has 3 rings (SSSR count). The summed E-state index contributed by atoms with van der Waals surface area (Å²) < 4.78 is 13.0. The SMILES string of the molecule is COc1ccc(-n2cc(OCc3ccccc3)c(C)c2C(C)=O)cc1. The molecule has 0 unspecified atom stereocenters. The second kappa shape index (κ2) is 7.26. The number of hydrogen-bond donors (Lipinski definition) is 0. The lowest BCUT2D eigenvalue weighted by Crippen LogP contribution is -2.05. The maximum absolute atomic E-state index is 12.2. The van der Waals surface area contributed by atoms with Crippen LogP contribution in [-0.2, 0) is 6.61 Å². The Morgan fingerprint density at radius 1 is 1.04 bits per heavy atom. The van der Waals surface area contributed by atoms with E-state index in [0.717, 1.165) is 22.6 Å². The number of benzene rings is 2. The highest BCUT2D eigenvalue weighted by Gasteiger charge is 2.18. The van der Waals surface area contributed by atoms with Gasteiger partial charge in [-0.1, -0.05) is 30.3 Å². The average Bonchev–Trinajstić information content (AvgIpc) is 2.97. The molecule has 0 atom stereocenters. The Morgan fingerprint density at radius 2 is 1.72 bits per heavy atom. The quantitative estimate of drug-likeness (QED) is 0.619. The molecule has 128 valence electrons. The van der Waals surface area contributed by atoms with Gasteiger partial charge in [-0.2, -0.15) is 0 Å². The first-order valence-electron chi connectivity index (χ1n) is 8.14. The molecule has 1 heterocycles. The van der Waals surface area contributed by atoms with Gasteiger partial charge >= 0.3 is 0 Å². The van der Waals surface area contributed by atoms with E-state index in [9.17, 15) is 4.79 Å². The van der Waals surface area contributed by atoms with Crippen molar-refractivity contribution in [2.75, 3.05) is 7.11 Å². The third-order valence-electron chi connectivity index (χ3n) is 4.13. The summed E-state index contributed by atoms with van der Waals surface area (Å²) in [6.07, 6.45) is 1.87. The van der Waals surface area contributed by atoms with Crippen LogP contribution in [0.15, 0.2) is 60.8 Å². The number of carbonyl (C=O) groups is 1. The van der Waals surface area contributed by atoms with Crippen molar-refractivity contribution >= 4 is 5.78 Å². The summed E-state index contributed by atoms with van der Waals surface area (Å²) in [6, 6.07) is 17.6. The van der Waals surface area contributed by atoms with Gasteiger partial charge in [0.15, 0.2) is 5.78 Å². The van der Waals surface area contributed by atoms with Crippen molar-refractivity contribution < 1.29 is 14.3 Å². The molecule has 0 amide bonds. The van der Waals surface area contributed by atoms with Crippen molar-refractivity contribution in [3.05, 3.63) is 77.6 Å². The summed E-state index contributed by atoms with van der Waals surface area (Å²) in [5.74, 6) is 1.49. The molecule has 0 N–H and O–H groups in total. The molecule has 0 fully saturated rings. The number of hydrogen-bond acceptors (Lipinski definition) is 3.